The molecule has 0 aliphatic carbocycles. The zero-order valence-corrected chi connectivity index (χ0v) is 14.8. The lowest BCUT2D eigenvalue weighted by Gasteiger charge is -2.09. The average molecular weight is 382 g/mol. The first-order chi connectivity index (χ1) is 12.0. The van der Waals surface area contributed by atoms with E-state index in [1.165, 1.54) is 6.07 Å². The summed E-state index contributed by atoms with van der Waals surface area (Å²) in [7, 11) is 0. The maximum atomic E-state index is 11.8. The van der Waals surface area contributed by atoms with Gasteiger partial charge in [-0.05, 0) is 36.8 Å². The highest BCUT2D eigenvalue weighted by Crippen LogP contribution is 2.25. The quantitative estimate of drug-likeness (QED) is 0.545. The van der Waals surface area contributed by atoms with Gasteiger partial charge in [-0.15, -0.1) is 0 Å². The van der Waals surface area contributed by atoms with Crippen molar-refractivity contribution in [2.75, 3.05) is 18.5 Å². The molecule has 0 heterocycles. The van der Waals surface area contributed by atoms with E-state index in [1.54, 1.807) is 12.1 Å². The Kier molecular flexibility index (Phi) is 7.57. The van der Waals surface area contributed by atoms with E-state index in [4.69, 9.17) is 32.7 Å². The van der Waals surface area contributed by atoms with E-state index in [9.17, 15) is 9.59 Å². The number of carbonyl (C=O) groups excluding carboxylic acids is 2. The van der Waals surface area contributed by atoms with Crippen LogP contribution in [0.2, 0.25) is 10.0 Å². The third-order valence-electron chi connectivity index (χ3n) is 3.11. The van der Waals surface area contributed by atoms with E-state index in [0.29, 0.717) is 28.8 Å². The fraction of sp³-hybridized carbons (Fsp3) is 0.222. The summed E-state index contributed by atoms with van der Waals surface area (Å²) >= 11 is 11.7. The summed E-state index contributed by atoms with van der Waals surface area (Å²) in [6, 6.07) is 14.0. The van der Waals surface area contributed by atoms with Gasteiger partial charge in [-0.1, -0.05) is 41.4 Å². The van der Waals surface area contributed by atoms with E-state index in [2.05, 4.69) is 5.32 Å². The number of carbonyl (C=O) groups is 2. The van der Waals surface area contributed by atoms with Crippen molar-refractivity contribution >= 4 is 40.8 Å². The van der Waals surface area contributed by atoms with Crippen LogP contribution in [-0.2, 0) is 14.3 Å². The number of para-hydroxylation sites is 1. The van der Waals surface area contributed by atoms with Crippen molar-refractivity contribution in [2.24, 2.45) is 0 Å². The molecule has 0 aliphatic heterocycles. The van der Waals surface area contributed by atoms with Crippen LogP contribution >= 0.6 is 23.2 Å². The summed E-state index contributed by atoms with van der Waals surface area (Å²) < 4.78 is 10.4. The molecule has 0 radical (unpaired) electrons. The van der Waals surface area contributed by atoms with Gasteiger partial charge < -0.3 is 14.8 Å². The standard InChI is InChI=1S/C18H17Cl2NO4/c19-13-8-9-16(15(20)11-13)21-17(22)12-25-18(23)7-4-10-24-14-5-2-1-3-6-14/h1-3,5-6,8-9,11H,4,7,10,12H2,(H,21,22). The van der Waals surface area contributed by atoms with Gasteiger partial charge in [0.25, 0.3) is 5.91 Å². The van der Waals surface area contributed by atoms with Gasteiger partial charge in [-0.2, -0.15) is 0 Å². The summed E-state index contributed by atoms with van der Waals surface area (Å²) in [6.45, 7) is 0.0169. The van der Waals surface area contributed by atoms with Gasteiger partial charge in [0, 0.05) is 11.4 Å². The number of halogens is 2. The second-order valence-corrected chi connectivity index (χ2v) is 5.94. The predicted molar refractivity (Wildman–Crippen MR) is 97.2 cm³/mol. The molecule has 5 nitrogen and oxygen atoms in total. The Morgan fingerprint density at radius 2 is 1.80 bits per heavy atom. The molecule has 2 aromatic rings. The third kappa shape index (κ3) is 7.03. The van der Waals surface area contributed by atoms with Crippen LogP contribution in [0.5, 0.6) is 5.75 Å². The minimum Gasteiger partial charge on any atom is -0.494 e. The Morgan fingerprint density at radius 1 is 1.04 bits per heavy atom. The monoisotopic (exact) mass is 381 g/mol. The first-order valence-electron chi connectivity index (χ1n) is 7.63. The smallest absolute Gasteiger partial charge is 0.306 e. The zero-order valence-electron chi connectivity index (χ0n) is 13.3. The second kappa shape index (κ2) is 9.91. The third-order valence-corrected chi connectivity index (χ3v) is 3.65. The second-order valence-electron chi connectivity index (χ2n) is 5.10. The van der Waals surface area contributed by atoms with Crippen molar-refractivity contribution in [3.05, 3.63) is 58.6 Å². The molecule has 7 heteroatoms. The van der Waals surface area contributed by atoms with Gasteiger partial charge in [0.2, 0.25) is 0 Å². The summed E-state index contributed by atoms with van der Waals surface area (Å²) in [5.41, 5.74) is 0.406. The van der Waals surface area contributed by atoms with E-state index >= 15 is 0 Å². The molecule has 0 saturated carbocycles. The summed E-state index contributed by atoms with van der Waals surface area (Å²) in [5.74, 6) is -0.192. The molecular formula is C18H17Cl2NO4. The highest BCUT2D eigenvalue weighted by molar-refractivity contribution is 6.36. The number of hydrogen-bond acceptors (Lipinski definition) is 4. The normalized spacial score (nSPS) is 10.2. The number of ether oxygens (including phenoxy) is 2. The lowest BCUT2D eigenvalue weighted by Crippen LogP contribution is -2.21. The van der Waals surface area contributed by atoms with Crippen molar-refractivity contribution in [3.8, 4) is 5.75 Å². The van der Waals surface area contributed by atoms with Crippen LogP contribution in [0, 0.1) is 0 Å². The van der Waals surface area contributed by atoms with Crippen molar-refractivity contribution in [1.82, 2.24) is 0 Å². The molecule has 0 saturated heterocycles. The molecule has 0 atom stereocenters. The summed E-state index contributed by atoms with van der Waals surface area (Å²) in [5, 5.41) is 3.33. The molecule has 0 spiro atoms. The molecule has 0 aliphatic rings. The van der Waals surface area contributed by atoms with E-state index < -0.39 is 11.9 Å². The minimum atomic E-state index is -0.474. The zero-order chi connectivity index (χ0) is 18.1. The topological polar surface area (TPSA) is 64.6 Å². The van der Waals surface area contributed by atoms with Crippen LogP contribution in [0.3, 0.4) is 0 Å². The molecule has 25 heavy (non-hydrogen) atoms. The number of anilines is 1. The Hall–Kier alpha value is -2.24. The maximum absolute atomic E-state index is 11.8. The van der Waals surface area contributed by atoms with E-state index in [-0.39, 0.29) is 13.0 Å². The number of amides is 1. The summed E-state index contributed by atoms with van der Waals surface area (Å²) in [6.07, 6.45) is 0.667. The van der Waals surface area contributed by atoms with Gasteiger partial charge in [-0.3, -0.25) is 9.59 Å². The molecule has 1 N–H and O–H groups in total. The number of nitrogens with one attached hydrogen (secondary N) is 1. The molecular weight excluding hydrogens is 365 g/mol. The SMILES string of the molecule is O=C(COC(=O)CCCOc1ccccc1)Nc1ccc(Cl)cc1Cl. The van der Waals surface area contributed by atoms with Crippen LogP contribution in [-0.4, -0.2) is 25.1 Å². The number of rotatable bonds is 8. The lowest BCUT2D eigenvalue weighted by atomic mass is 10.3. The van der Waals surface area contributed by atoms with Gasteiger partial charge in [0.1, 0.15) is 5.75 Å². The van der Waals surface area contributed by atoms with Gasteiger partial charge >= 0.3 is 5.97 Å². The van der Waals surface area contributed by atoms with Gasteiger partial charge in [-0.25, -0.2) is 0 Å². The van der Waals surface area contributed by atoms with Gasteiger partial charge in [0.15, 0.2) is 6.61 Å². The summed E-state index contributed by atoms with van der Waals surface area (Å²) in [4.78, 5) is 23.4. The van der Waals surface area contributed by atoms with Crippen LogP contribution in [0.1, 0.15) is 12.8 Å². The van der Waals surface area contributed by atoms with Crippen molar-refractivity contribution < 1.29 is 19.1 Å². The van der Waals surface area contributed by atoms with Crippen LogP contribution in [0.15, 0.2) is 48.5 Å². The Morgan fingerprint density at radius 3 is 2.52 bits per heavy atom. The predicted octanol–water partition coefficient (Wildman–Crippen LogP) is 4.33. The van der Waals surface area contributed by atoms with Crippen LogP contribution in [0.4, 0.5) is 5.69 Å². The molecule has 2 rings (SSSR count). The van der Waals surface area contributed by atoms with Crippen LogP contribution in [0.25, 0.3) is 0 Å². The minimum absolute atomic E-state index is 0.168. The number of esters is 1. The number of hydrogen-bond donors (Lipinski definition) is 1. The number of benzene rings is 2. The van der Waals surface area contributed by atoms with Crippen molar-refractivity contribution in [3.63, 3.8) is 0 Å². The first-order valence-corrected chi connectivity index (χ1v) is 8.38. The fourth-order valence-electron chi connectivity index (χ4n) is 1.92. The Labute approximate surface area is 155 Å². The highest BCUT2D eigenvalue weighted by atomic mass is 35.5. The molecule has 0 aromatic heterocycles. The average Bonchev–Trinajstić information content (AvgIpc) is 2.60. The van der Waals surface area contributed by atoms with E-state index in [1.807, 2.05) is 30.3 Å². The van der Waals surface area contributed by atoms with Crippen LogP contribution < -0.4 is 10.1 Å². The highest BCUT2D eigenvalue weighted by Gasteiger charge is 2.10. The molecule has 0 fully saturated rings. The van der Waals surface area contributed by atoms with Gasteiger partial charge in [0.05, 0.1) is 17.3 Å². The van der Waals surface area contributed by atoms with Crippen molar-refractivity contribution in [1.29, 1.82) is 0 Å². The first kappa shape index (κ1) is 19.1. The fourth-order valence-corrected chi connectivity index (χ4v) is 2.37. The van der Waals surface area contributed by atoms with Crippen molar-refractivity contribution in [2.45, 2.75) is 12.8 Å². The largest absolute Gasteiger partial charge is 0.494 e. The molecule has 0 bridgehead atoms. The Bertz CT molecular complexity index is 722. The molecule has 2 aromatic carbocycles. The molecule has 1 amide bonds. The Balaban J connectivity index is 1.63. The van der Waals surface area contributed by atoms with E-state index in [0.717, 1.165) is 5.75 Å². The molecule has 0 unspecified atom stereocenters. The lowest BCUT2D eigenvalue weighted by molar-refractivity contribution is -0.147. The maximum Gasteiger partial charge on any atom is 0.306 e. The molecule has 132 valence electrons.